The maximum Gasteiger partial charge on any atom is 0.305 e. The predicted octanol–water partition coefficient (Wildman–Crippen LogP) is 1.93. The molecule has 0 aliphatic carbocycles. The van der Waals surface area contributed by atoms with E-state index in [4.69, 9.17) is 17.0 Å². The molecule has 0 saturated carbocycles. The van der Waals surface area contributed by atoms with Gasteiger partial charge in [0.1, 0.15) is 5.75 Å². The number of benzene rings is 1. The van der Waals surface area contributed by atoms with Gasteiger partial charge in [0.05, 0.1) is 14.2 Å². The maximum absolute atomic E-state index is 10.9. The second-order valence-electron chi connectivity index (χ2n) is 3.79. The maximum atomic E-state index is 10.9. The summed E-state index contributed by atoms with van der Waals surface area (Å²) in [5, 5.41) is 6.59. The van der Waals surface area contributed by atoms with Gasteiger partial charge in [0.2, 0.25) is 0 Å². The summed E-state index contributed by atoms with van der Waals surface area (Å²) in [6.45, 7) is 0.622. The molecule has 104 valence electrons. The van der Waals surface area contributed by atoms with Gasteiger partial charge in [-0.3, -0.25) is 4.79 Å². The molecule has 0 saturated heterocycles. The van der Waals surface area contributed by atoms with Crippen molar-refractivity contribution >= 4 is 29.0 Å². The third kappa shape index (κ3) is 6.05. The molecule has 0 atom stereocenters. The van der Waals surface area contributed by atoms with E-state index in [1.807, 2.05) is 24.3 Å². The third-order valence-corrected chi connectivity index (χ3v) is 2.67. The van der Waals surface area contributed by atoms with Gasteiger partial charge in [0, 0.05) is 18.7 Å². The summed E-state index contributed by atoms with van der Waals surface area (Å²) < 4.78 is 9.61. The van der Waals surface area contributed by atoms with Crippen molar-refractivity contribution in [3.05, 3.63) is 24.3 Å². The molecule has 0 heterocycles. The van der Waals surface area contributed by atoms with Crippen LogP contribution in [0.5, 0.6) is 5.75 Å². The molecule has 0 spiro atoms. The number of rotatable bonds is 6. The first kappa shape index (κ1) is 15.2. The van der Waals surface area contributed by atoms with Crippen molar-refractivity contribution in [1.29, 1.82) is 0 Å². The molecular weight excluding hydrogens is 264 g/mol. The summed E-state index contributed by atoms with van der Waals surface area (Å²) in [6.07, 6.45) is 1.06. The molecule has 1 aromatic carbocycles. The van der Waals surface area contributed by atoms with Gasteiger partial charge >= 0.3 is 5.97 Å². The number of hydrogen-bond acceptors (Lipinski definition) is 4. The van der Waals surface area contributed by atoms with Crippen LogP contribution >= 0.6 is 12.2 Å². The molecular formula is C13H18N2O3S. The van der Waals surface area contributed by atoms with Crippen molar-refractivity contribution in [2.45, 2.75) is 12.8 Å². The molecule has 0 aliphatic rings. The van der Waals surface area contributed by atoms with E-state index in [0.717, 1.165) is 11.4 Å². The highest BCUT2D eigenvalue weighted by atomic mass is 32.1. The standard InChI is InChI=1S/C13H18N2O3S/c1-17-11-7-5-10(6-8-11)15-13(19)14-9-3-4-12(16)18-2/h5-8H,3-4,9H2,1-2H3,(H2,14,15,19). The van der Waals surface area contributed by atoms with Gasteiger partial charge < -0.3 is 20.1 Å². The molecule has 0 bridgehead atoms. The molecule has 2 N–H and O–H groups in total. The quantitative estimate of drug-likeness (QED) is 0.472. The molecule has 0 aliphatic heterocycles. The third-order valence-electron chi connectivity index (χ3n) is 2.42. The van der Waals surface area contributed by atoms with Crippen LogP contribution in [0.2, 0.25) is 0 Å². The van der Waals surface area contributed by atoms with Crippen LogP contribution in [0.25, 0.3) is 0 Å². The molecule has 0 unspecified atom stereocenters. The average molecular weight is 282 g/mol. The topological polar surface area (TPSA) is 59.6 Å². The molecule has 6 heteroatoms. The number of thiocarbonyl (C=S) groups is 1. The summed E-state index contributed by atoms with van der Waals surface area (Å²) in [7, 11) is 3.00. The van der Waals surface area contributed by atoms with E-state index < -0.39 is 0 Å². The highest BCUT2D eigenvalue weighted by Gasteiger charge is 2.01. The van der Waals surface area contributed by atoms with Crippen molar-refractivity contribution in [2.24, 2.45) is 0 Å². The average Bonchev–Trinajstić information content (AvgIpc) is 2.44. The van der Waals surface area contributed by atoms with Crippen LogP contribution in [0, 0.1) is 0 Å². The molecule has 0 amide bonds. The Hall–Kier alpha value is -1.82. The van der Waals surface area contributed by atoms with Gasteiger partial charge in [-0.25, -0.2) is 0 Å². The van der Waals surface area contributed by atoms with Gasteiger partial charge in [-0.2, -0.15) is 0 Å². The number of methoxy groups -OCH3 is 2. The van der Waals surface area contributed by atoms with Gasteiger partial charge in [0.15, 0.2) is 5.11 Å². The Labute approximate surface area is 118 Å². The van der Waals surface area contributed by atoms with Crippen LogP contribution in [-0.2, 0) is 9.53 Å². The van der Waals surface area contributed by atoms with Crippen LogP contribution in [0.3, 0.4) is 0 Å². The lowest BCUT2D eigenvalue weighted by atomic mass is 10.3. The minimum atomic E-state index is -0.212. The largest absolute Gasteiger partial charge is 0.497 e. The Balaban J connectivity index is 2.25. The minimum absolute atomic E-state index is 0.212. The summed E-state index contributed by atoms with van der Waals surface area (Å²) in [4.78, 5) is 10.9. The van der Waals surface area contributed by atoms with Gasteiger partial charge in [-0.1, -0.05) is 0 Å². The first-order valence-corrected chi connectivity index (χ1v) is 6.32. The highest BCUT2D eigenvalue weighted by Crippen LogP contribution is 2.14. The fraction of sp³-hybridized carbons (Fsp3) is 0.385. The molecule has 0 fully saturated rings. The van der Waals surface area contributed by atoms with Crippen molar-refractivity contribution in [3.8, 4) is 5.75 Å². The van der Waals surface area contributed by atoms with E-state index >= 15 is 0 Å². The van der Waals surface area contributed by atoms with Crippen molar-refractivity contribution in [1.82, 2.24) is 5.32 Å². The van der Waals surface area contributed by atoms with Crippen LogP contribution in [0.4, 0.5) is 5.69 Å². The zero-order valence-electron chi connectivity index (χ0n) is 11.1. The number of ether oxygens (including phenoxy) is 2. The summed E-state index contributed by atoms with van der Waals surface area (Å²) in [6, 6.07) is 7.45. The molecule has 1 rings (SSSR count). The zero-order chi connectivity index (χ0) is 14.1. The Kier molecular flexibility index (Phi) is 6.67. The number of esters is 1. The second-order valence-corrected chi connectivity index (χ2v) is 4.20. The molecule has 0 aromatic heterocycles. The fourth-order valence-electron chi connectivity index (χ4n) is 1.39. The van der Waals surface area contributed by atoms with Crippen molar-refractivity contribution in [3.63, 3.8) is 0 Å². The van der Waals surface area contributed by atoms with Crippen LogP contribution in [0.1, 0.15) is 12.8 Å². The number of anilines is 1. The normalized spacial score (nSPS) is 9.58. The molecule has 19 heavy (non-hydrogen) atoms. The first-order valence-electron chi connectivity index (χ1n) is 5.91. The van der Waals surface area contributed by atoms with E-state index in [1.54, 1.807) is 7.11 Å². The Bertz CT molecular complexity index is 420. The van der Waals surface area contributed by atoms with Crippen LogP contribution in [-0.4, -0.2) is 31.8 Å². The number of carbonyl (C=O) groups excluding carboxylic acids is 1. The molecule has 1 aromatic rings. The van der Waals surface area contributed by atoms with Crippen LogP contribution in [0.15, 0.2) is 24.3 Å². The van der Waals surface area contributed by atoms with E-state index in [-0.39, 0.29) is 5.97 Å². The second kappa shape index (κ2) is 8.31. The number of nitrogens with one attached hydrogen (secondary N) is 2. The van der Waals surface area contributed by atoms with E-state index in [0.29, 0.717) is 24.5 Å². The fourth-order valence-corrected chi connectivity index (χ4v) is 1.61. The highest BCUT2D eigenvalue weighted by molar-refractivity contribution is 7.80. The predicted molar refractivity (Wildman–Crippen MR) is 78.5 cm³/mol. The Morgan fingerprint density at radius 1 is 1.26 bits per heavy atom. The van der Waals surface area contributed by atoms with Gasteiger partial charge in [-0.05, 0) is 42.9 Å². The van der Waals surface area contributed by atoms with Gasteiger partial charge in [-0.15, -0.1) is 0 Å². The lowest BCUT2D eigenvalue weighted by Gasteiger charge is -2.10. The van der Waals surface area contributed by atoms with Crippen LogP contribution < -0.4 is 15.4 Å². The first-order chi connectivity index (χ1) is 9.15. The SMILES string of the molecule is COC(=O)CCCNC(=S)Nc1ccc(OC)cc1. The summed E-state index contributed by atoms with van der Waals surface area (Å²) in [5.41, 5.74) is 0.881. The van der Waals surface area contributed by atoms with E-state index in [2.05, 4.69) is 15.4 Å². The van der Waals surface area contributed by atoms with E-state index in [1.165, 1.54) is 7.11 Å². The Morgan fingerprint density at radius 2 is 1.95 bits per heavy atom. The zero-order valence-corrected chi connectivity index (χ0v) is 11.9. The van der Waals surface area contributed by atoms with Crippen molar-refractivity contribution < 1.29 is 14.3 Å². The number of hydrogen-bond donors (Lipinski definition) is 2. The molecule has 0 radical (unpaired) electrons. The van der Waals surface area contributed by atoms with E-state index in [9.17, 15) is 4.79 Å². The minimum Gasteiger partial charge on any atom is -0.497 e. The lowest BCUT2D eigenvalue weighted by molar-refractivity contribution is -0.140. The summed E-state index contributed by atoms with van der Waals surface area (Å²) >= 11 is 5.14. The lowest BCUT2D eigenvalue weighted by Crippen LogP contribution is -2.29. The molecule has 5 nitrogen and oxygen atoms in total. The van der Waals surface area contributed by atoms with Crippen molar-refractivity contribution in [2.75, 3.05) is 26.1 Å². The summed E-state index contributed by atoms with van der Waals surface area (Å²) in [5.74, 6) is 0.582. The smallest absolute Gasteiger partial charge is 0.305 e. The monoisotopic (exact) mass is 282 g/mol. The Morgan fingerprint density at radius 3 is 2.53 bits per heavy atom. The van der Waals surface area contributed by atoms with Gasteiger partial charge in [0.25, 0.3) is 0 Å². The number of carbonyl (C=O) groups is 1.